The lowest BCUT2D eigenvalue weighted by molar-refractivity contribution is -0.123. The van der Waals surface area contributed by atoms with Gasteiger partial charge in [-0.15, -0.1) is 0 Å². The van der Waals surface area contributed by atoms with Crippen LogP contribution in [0.15, 0.2) is 24.3 Å². The second-order valence-electron chi connectivity index (χ2n) is 5.97. The smallest absolute Gasteiger partial charge is 0.231 e. The predicted octanol–water partition coefficient (Wildman–Crippen LogP) is 1.64. The zero-order valence-electron chi connectivity index (χ0n) is 12.9. The van der Waals surface area contributed by atoms with Crippen LogP contribution in [0.3, 0.4) is 0 Å². The van der Waals surface area contributed by atoms with Gasteiger partial charge >= 0.3 is 0 Å². The molecule has 1 aromatic carbocycles. The first kappa shape index (κ1) is 15.5. The molecule has 6 heteroatoms. The fourth-order valence-electron chi connectivity index (χ4n) is 3.37. The Balaban J connectivity index is 1.76. The Labute approximate surface area is 132 Å². The third-order valence-electron chi connectivity index (χ3n) is 4.64. The van der Waals surface area contributed by atoms with Crippen molar-refractivity contribution in [3.8, 4) is 0 Å². The molecule has 0 saturated carbocycles. The van der Waals surface area contributed by atoms with E-state index in [9.17, 15) is 13.2 Å². The molecular formula is C16H22N2O3S. The van der Waals surface area contributed by atoms with Crippen molar-refractivity contribution in [3.05, 3.63) is 29.8 Å². The average Bonchev–Trinajstić information content (AvgIpc) is 2.98. The van der Waals surface area contributed by atoms with Gasteiger partial charge in [0.1, 0.15) is 0 Å². The number of amides is 1. The topological polar surface area (TPSA) is 57.7 Å². The number of nitrogens with zero attached hydrogens (tertiary/aromatic N) is 2. The Morgan fingerprint density at radius 2 is 2.05 bits per heavy atom. The third kappa shape index (κ3) is 2.77. The number of para-hydroxylation sites is 1. The summed E-state index contributed by atoms with van der Waals surface area (Å²) < 4.78 is 25.6. The van der Waals surface area contributed by atoms with Crippen LogP contribution in [-0.4, -0.2) is 44.0 Å². The number of hydrogen-bond acceptors (Lipinski definition) is 3. The molecule has 0 spiro atoms. The van der Waals surface area contributed by atoms with E-state index >= 15 is 0 Å². The predicted molar refractivity (Wildman–Crippen MR) is 86.3 cm³/mol. The number of piperidine rings is 1. The molecule has 2 aliphatic rings. The van der Waals surface area contributed by atoms with Crippen molar-refractivity contribution in [2.45, 2.75) is 26.2 Å². The summed E-state index contributed by atoms with van der Waals surface area (Å²) in [5, 5.41) is 0. The van der Waals surface area contributed by atoms with Crippen LogP contribution in [0.2, 0.25) is 0 Å². The standard InChI is InChI=1S/C16H22N2O3S/c1-2-22(20,21)17-10-5-7-14(12-17)16(19)18-11-9-13-6-3-4-8-15(13)18/h3-4,6,8,14H,2,5,7,9-12H2,1H3/t14-/m0/s1. The SMILES string of the molecule is CCS(=O)(=O)N1CCC[C@H](C(=O)N2CCc3ccccc32)C1. The van der Waals surface area contributed by atoms with E-state index in [0.717, 1.165) is 24.9 Å². The molecule has 0 bridgehead atoms. The quantitative estimate of drug-likeness (QED) is 0.850. The zero-order valence-corrected chi connectivity index (χ0v) is 13.7. The minimum absolute atomic E-state index is 0.0703. The first-order valence-electron chi connectivity index (χ1n) is 7.90. The molecule has 2 aliphatic heterocycles. The molecule has 0 radical (unpaired) electrons. The van der Waals surface area contributed by atoms with Gasteiger partial charge in [-0.2, -0.15) is 0 Å². The lowest BCUT2D eigenvalue weighted by Crippen LogP contribution is -2.46. The van der Waals surface area contributed by atoms with E-state index in [1.165, 1.54) is 9.87 Å². The van der Waals surface area contributed by atoms with Crippen LogP contribution >= 0.6 is 0 Å². The van der Waals surface area contributed by atoms with Gasteiger partial charge in [-0.1, -0.05) is 18.2 Å². The number of hydrogen-bond donors (Lipinski definition) is 0. The summed E-state index contributed by atoms with van der Waals surface area (Å²) in [6.45, 7) is 3.22. The van der Waals surface area contributed by atoms with Crippen molar-refractivity contribution >= 4 is 21.6 Å². The Morgan fingerprint density at radius 3 is 2.82 bits per heavy atom. The minimum atomic E-state index is -3.21. The number of anilines is 1. The first-order chi connectivity index (χ1) is 10.5. The molecule has 0 aromatic heterocycles. The Bertz CT molecular complexity index is 672. The van der Waals surface area contributed by atoms with Crippen LogP contribution < -0.4 is 4.90 Å². The zero-order chi connectivity index (χ0) is 15.7. The second-order valence-corrected chi connectivity index (χ2v) is 8.22. The summed E-state index contributed by atoms with van der Waals surface area (Å²) in [6, 6.07) is 7.96. The maximum Gasteiger partial charge on any atom is 0.231 e. The molecule has 3 rings (SSSR count). The minimum Gasteiger partial charge on any atom is -0.312 e. The number of fused-ring (bicyclic) bond motifs is 1. The molecule has 1 amide bonds. The van der Waals surface area contributed by atoms with Gasteiger partial charge in [0.2, 0.25) is 15.9 Å². The average molecular weight is 322 g/mol. The summed E-state index contributed by atoms with van der Waals surface area (Å²) in [5.41, 5.74) is 2.19. The highest BCUT2D eigenvalue weighted by molar-refractivity contribution is 7.89. The van der Waals surface area contributed by atoms with Gasteiger partial charge in [0, 0.05) is 25.3 Å². The molecule has 1 aromatic rings. The van der Waals surface area contributed by atoms with Gasteiger partial charge < -0.3 is 4.90 Å². The summed E-state index contributed by atoms with van der Waals surface area (Å²) in [7, 11) is -3.21. The lowest BCUT2D eigenvalue weighted by atomic mass is 9.98. The molecular weight excluding hydrogens is 300 g/mol. The molecule has 0 aliphatic carbocycles. The van der Waals surface area contributed by atoms with Crippen LogP contribution in [-0.2, 0) is 21.2 Å². The Kier molecular flexibility index (Phi) is 4.23. The molecule has 22 heavy (non-hydrogen) atoms. The monoisotopic (exact) mass is 322 g/mol. The van der Waals surface area contributed by atoms with Gasteiger partial charge in [-0.05, 0) is 37.8 Å². The van der Waals surface area contributed by atoms with Crippen LogP contribution in [0.4, 0.5) is 5.69 Å². The second kappa shape index (κ2) is 6.01. The van der Waals surface area contributed by atoms with Crippen LogP contribution in [0.1, 0.15) is 25.3 Å². The third-order valence-corrected chi connectivity index (χ3v) is 6.49. The number of sulfonamides is 1. The number of rotatable bonds is 3. The Morgan fingerprint density at radius 1 is 1.27 bits per heavy atom. The molecule has 1 atom stereocenters. The molecule has 120 valence electrons. The van der Waals surface area contributed by atoms with Crippen LogP contribution in [0.5, 0.6) is 0 Å². The molecule has 1 saturated heterocycles. The van der Waals surface area contributed by atoms with E-state index in [1.54, 1.807) is 6.92 Å². The van der Waals surface area contributed by atoms with Crippen molar-refractivity contribution < 1.29 is 13.2 Å². The van der Waals surface area contributed by atoms with E-state index in [1.807, 2.05) is 23.1 Å². The highest BCUT2D eigenvalue weighted by atomic mass is 32.2. The molecule has 0 N–H and O–H groups in total. The summed E-state index contributed by atoms with van der Waals surface area (Å²) >= 11 is 0. The molecule has 2 heterocycles. The van der Waals surface area contributed by atoms with Crippen molar-refractivity contribution in [1.82, 2.24) is 4.31 Å². The van der Waals surface area contributed by atoms with Crippen LogP contribution in [0, 0.1) is 5.92 Å². The van der Waals surface area contributed by atoms with Gasteiger partial charge in [0.05, 0.1) is 11.7 Å². The summed E-state index contributed by atoms with van der Waals surface area (Å²) in [4.78, 5) is 14.7. The van der Waals surface area contributed by atoms with Gasteiger partial charge in [0.15, 0.2) is 0 Å². The van der Waals surface area contributed by atoms with E-state index in [2.05, 4.69) is 6.07 Å². The lowest BCUT2D eigenvalue weighted by Gasteiger charge is -2.33. The normalized spacial score (nSPS) is 22.6. The molecule has 1 fully saturated rings. The summed E-state index contributed by atoms with van der Waals surface area (Å²) in [6.07, 6.45) is 2.41. The van der Waals surface area contributed by atoms with Gasteiger partial charge in [0.25, 0.3) is 0 Å². The van der Waals surface area contributed by atoms with Crippen molar-refractivity contribution in [2.24, 2.45) is 5.92 Å². The van der Waals surface area contributed by atoms with Crippen molar-refractivity contribution in [3.63, 3.8) is 0 Å². The fourth-order valence-corrected chi connectivity index (χ4v) is 4.55. The van der Waals surface area contributed by atoms with Gasteiger partial charge in [-0.3, -0.25) is 4.79 Å². The highest BCUT2D eigenvalue weighted by Crippen LogP contribution is 2.31. The van der Waals surface area contributed by atoms with E-state index < -0.39 is 10.0 Å². The maximum atomic E-state index is 12.8. The van der Waals surface area contributed by atoms with Crippen LogP contribution in [0.25, 0.3) is 0 Å². The van der Waals surface area contributed by atoms with E-state index in [4.69, 9.17) is 0 Å². The number of carbonyl (C=O) groups is 1. The maximum absolute atomic E-state index is 12.8. The largest absolute Gasteiger partial charge is 0.312 e. The first-order valence-corrected chi connectivity index (χ1v) is 9.51. The van der Waals surface area contributed by atoms with Crippen molar-refractivity contribution in [1.29, 1.82) is 0 Å². The Hall–Kier alpha value is -1.40. The fraction of sp³-hybridized carbons (Fsp3) is 0.562. The number of benzene rings is 1. The van der Waals surface area contributed by atoms with E-state index in [0.29, 0.717) is 19.6 Å². The molecule has 0 unspecified atom stereocenters. The van der Waals surface area contributed by atoms with Gasteiger partial charge in [-0.25, -0.2) is 12.7 Å². The number of carbonyl (C=O) groups excluding carboxylic acids is 1. The summed E-state index contributed by atoms with van der Waals surface area (Å²) in [5.74, 6) is -0.0531. The molecule has 5 nitrogen and oxygen atoms in total. The van der Waals surface area contributed by atoms with E-state index in [-0.39, 0.29) is 17.6 Å². The highest BCUT2D eigenvalue weighted by Gasteiger charge is 2.35. The van der Waals surface area contributed by atoms with Crippen molar-refractivity contribution in [2.75, 3.05) is 30.3 Å².